The predicted octanol–water partition coefficient (Wildman–Crippen LogP) is 3.72. The molecule has 3 heterocycles. The van der Waals surface area contributed by atoms with E-state index in [1.807, 2.05) is 12.1 Å². The summed E-state index contributed by atoms with van der Waals surface area (Å²) >= 11 is 6.00. The van der Waals surface area contributed by atoms with Crippen molar-refractivity contribution in [2.75, 3.05) is 50.7 Å². The van der Waals surface area contributed by atoms with Gasteiger partial charge in [0.1, 0.15) is 0 Å². The minimum absolute atomic E-state index is 0.809. The first-order valence-corrected chi connectivity index (χ1v) is 10.3. The molecule has 1 fully saturated rings. The van der Waals surface area contributed by atoms with Crippen LogP contribution in [0.4, 0.5) is 5.69 Å². The molecule has 0 atom stereocenters. The van der Waals surface area contributed by atoms with E-state index in [-0.39, 0.29) is 0 Å². The van der Waals surface area contributed by atoms with Crippen molar-refractivity contribution in [2.24, 2.45) is 7.05 Å². The average Bonchev–Trinajstić information content (AvgIpc) is 2.91. The molecule has 0 spiro atoms. The smallest absolute Gasteiger partial charge is 0.0407 e. The summed E-state index contributed by atoms with van der Waals surface area (Å²) < 4.78 is 2.17. The van der Waals surface area contributed by atoms with Gasteiger partial charge in [0.2, 0.25) is 0 Å². The van der Waals surface area contributed by atoms with E-state index < -0.39 is 0 Å². The second-order valence-corrected chi connectivity index (χ2v) is 8.14. The van der Waals surface area contributed by atoms with Crippen LogP contribution in [0.5, 0.6) is 0 Å². The highest BCUT2D eigenvalue weighted by molar-refractivity contribution is 6.30. The Morgan fingerprint density at radius 2 is 1.67 bits per heavy atom. The molecule has 144 valence electrons. The Labute approximate surface area is 167 Å². The molecule has 1 aromatic carbocycles. The monoisotopic (exact) mass is 384 g/mol. The Morgan fingerprint density at radius 3 is 2.44 bits per heavy atom. The molecule has 0 radical (unpaired) electrons. The fourth-order valence-corrected chi connectivity index (χ4v) is 4.27. The van der Waals surface area contributed by atoms with Crippen LogP contribution in [0.25, 0.3) is 6.08 Å². The van der Waals surface area contributed by atoms with Crippen LogP contribution in [0.3, 0.4) is 0 Å². The molecule has 0 aliphatic carbocycles. The maximum absolute atomic E-state index is 6.00. The third kappa shape index (κ3) is 4.75. The van der Waals surface area contributed by atoms with Crippen molar-refractivity contribution in [3.8, 4) is 0 Å². The third-order valence-corrected chi connectivity index (χ3v) is 5.89. The standard InChI is InChI=1S/C22H29ClN4/c1-24-16-19-4-2-9-26(18-20(19)17-24)11-3-10-25-12-14-27(15-13-25)22-7-5-21(23)6-8-22/h2,4-8,16-17H,3,9-15,18H2,1H3. The first-order valence-electron chi connectivity index (χ1n) is 9.94. The topological polar surface area (TPSA) is 14.7 Å². The predicted molar refractivity (Wildman–Crippen MR) is 114 cm³/mol. The Hall–Kier alpha value is -1.75. The molecule has 2 aliphatic rings. The number of halogens is 1. The fraction of sp³-hybridized carbons (Fsp3) is 0.455. The van der Waals surface area contributed by atoms with E-state index in [0.717, 1.165) is 50.8 Å². The number of nitrogens with zero attached hydrogens (tertiary/aromatic N) is 4. The van der Waals surface area contributed by atoms with Crippen molar-refractivity contribution < 1.29 is 0 Å². The summed E-state index contributed by atoms with van der Waals surface area (Å²) in [7, 11) is 2.11. The first-order chi connectivity index (χ1) is 13.2. The zero-order valence-electron chi connectivity index (χ0n) is 16.1. The van der Waals surface area contributed by atoms with Crippen molar-refractivity contribution in [2.45, 2.75) is 13.0 Å². The molecule has 0 bridgehead atoms. The lowest BCUT2D eigenvalue weighted by atomic mass is 10.2. The number of aryl methyl sites for hydroxylation is 1. The Morgan fingerprint density at radius 1 is 0.926 bits per heavy atom. The number of aromatic nitrogens is 1. The normalized spacial score (nSPS) is 18.5. The van der Waals surface area contributed by atoms with Gasteiger partial charge in [-0.15, -0.1) is 0 Å². The van der Waals surface area contributed by atoms with Crippen LogP contribution in [0.15, 0.2) is 42.7 Å². The van der Waals surface area contributed by atoms with E-state index in [9.17, 15) is 0 Å². The van der Waals surface area contributed by atoms with Gasteiger partial charge in [0.25, 0.3) is 0 Å². The number of hydrogen-bond acceptors (Lipinski definition) is 3. The molecule has 0 unspecified atom stereocenters. The summed E-state index contributed by atoms with van der Waals surface area (Å²) in [6, 6.07) is 8.22. The lowest BCUT2D eigenvalue weighted by Crippen LogP contribution is -2.47. The summed E-state index contributed by atoms with van der Waals surface area (Å²) in [6.45, 7) is 8.96. The number of rotatable bonds is 5. The van der Waals surface area contributed by atoms with E-state index in [1.165, 1.54) is 29.8 Å². The molecule has 1 saturated heterocycles. The number of hydrogen-bond donors (Lipinski definition) is 0. The minimum Gasteiger partial charge on any atom is -0.369 e. The van der Waals surface area contributed by atoms with Crippen molar-refractivity contribution in [1.82, 2.24) is 14.4 Å². The van der Waals surface area contributed by atoms with Crippen molar-refractivity contribution in [3.63, 3.8) is 0 Å². The molecule has 0 amide bonds. The van der Waals surface area contributed by atoms with Gasteiger partial charge in [0.15, 0.2) is 0 Å². The van der Waals surface area contributed by atoms with Crippen LogP contribution in [-0.2, 0) is 13.6 Å². The quantitative estimate of drug-likeness (QED) is 0.780. The second kappa shape index (κ2) is 8.51. The fourth-order valence-electron chi connectivity index (χ4n) is 4.15. The van der Waals surface area contributed by atoms with Gasteiger partial charge in [0.05, 0.1) is 0 Å². The molecular formula is C22H29ClN4. The number of fused-ring (bicyclic) bond motifs is 1. The van der Waals surface area contributed by atoms with Gasteiger partial charge in [-0.05, 0) is 48.4 Å². The van der Waals surface area contributed by atoms with Crippen LogP contribution in [0.1, 0.15) is 17.5 Å². The maximum Gasteiger partial charge on any atom is 0.0407 e. The highest BCUT2D eigenvalue weighted by atomic mass is 35.5. The molecule has 4 nitrogen and oxygen atoms in total. The first kappa shape index (κ1) is 18.6. The third-order valence-electron chi connectivity index (χ3n) is 5.64. The average molecular weight is 385 g/mol. The molecule has 0 saturated carbocycles. The Bertz CT molecular complexity index is 772. The number of benzene rings is 1. The van der Waals surface area contributed by atoms with E-state index in [2.05, 4.69) is 63.0 Å². The summed E-state index contributed by atoms with van der Waals surface area (Å²) in [5.74, 6) is 0. The lowest BCUT2D eigenvalue weighted by Gasteiger charge is -2.36. The molecule has 1 aromatic heterocycles. The minimum atomic E-state index is 0.809. The van der Waals surface area contributed by atoms with E-state index in [4.69, 9.17) is 11.6 Å². The summed E-state index contributed by atoms with van der Waals surface area (Å²) in [5, 5.41) is 0.809. The number of anilines is 1. The van der Waals surface area contributed by atoms with Crippen LogP contribution in [-0.4, -0.2) is 60.2 Å². The summed E-state index contributed by atoms with van der Waals surface area (Å²) in [5.41, 5.74) is 4.11. The van der Waals surface area contributed by atoms with Crippen molar-refractivity contribution >= 4 is 23.4 Å². The number of piperazine rings is 1. The van der Waals surface area contributed by atoms with Crippen molar-refractivity contribution in [1.29, 1.82) is 0 Å². The van der Waals surface area contributed by atoms with Gasteiger partial charge in [0, 0.05) is 76.0 Å². The zero-order chi connectivity index (χ0) is 18.6. The van der Waals surface area contributed by atoms with Crippen LogP contribution < -0.4 is 4.90 Å². The van der Waals surface area contributed by atoms with E-state index in [0.29, 0.717) is 0 Å². The van der Waals surface area contributed by atoms with Gasteiger partial charge in [-0.25, -0.2) is 0 Å². The largest absolute Gasteiger partial charge is 0.369 e. The molecule has 4 rings (SSSR count). The van der Waals surface area contributed by atoms with Gasteiger partial charge >= 0.3 is 0 Å². The highest BCUT2D eigenvalue weighted by Gasteiger charge is 2.18. The van der Waals surface area contributed by atoms with Gasteiger partial charge in [-0.1, -0.05) is 23.8 Å². The van der Waals surface area contributed by atoms with E-state index >= 15 is 0 Å². The summed E-state index contributed by atoms with van der Waals surface area (Å²) in [4.78, 5) is 7.63. The molecule has 2 aromatic rings. The highest BCUT2D eigenvalue weighted by Crippen LogP contribution is 2.20. The zero-order valence-corrected chi connectivity index (χ0v) is 16.9. The molecule has 2 aliphatic heterocycles. The molecule has 0 N–H and O–H groups in total. The Kier molecular flexibility index (Phi) is 5.86. The maximum atomic E-state index is 6.00. The van der Waals surface area contributed by atoms with Crippen molar-refractivity contribution in [3.05, 3.63) is 58.9 Å². The lowest BCUT2D eigenvalue weighted by molar-refractivity contribution is 0.225. The van der Waals surface area contributed by atoms with Crippen LogP contribution in [0, 0.1) is 0 Å². The van der Waals surface area contributed by atoms with Crippen LogP contribution >= 0.6 is 11.6 Å². The van der Waals surface area contributed by atoms with E-state index in [1.54, 1.807) is 0 Å². The van der Waals surface area contributed by atoms with Gasteiger partial charge in [-0.3, -0.25) is 9.80 Å². The molecule has 5 heteroatoms. The second-order valence-electron chi connectivity index (χ2n) is 7.70. The SMILES string of the molecule is Cn1cc2c(c1)CN(CCCN1CCN(c3ccc(Cl)cc3)CC1)CC=C2. The summed E-state index contributed by atoms with van der Waals surface area (Å²) in [6.07, 6.45) is 10.3. The van der Waals surface area contributed by atoms with Gasteiger partial charge in [-0.2, -0.15) is 0 Å². The molecular weight excluding hydrogens is 356 g/mol. The Balaban J connectivity index is 1.20. The van der Waals surface area contributed by atoms with Gasteiger partial charge < -0.3 is 9.47 Å². The van der Waals surface area contributed by atoms with Crippen LogP contribution in [0.2, 0.25) is 5.02 Å². The molecule has 27 heavy (non-hydrogen) atoms.